The number of esters is 1. The van der Waals surface area contributed by atoms with Crippen LogP contribution in [0.2, 0.25) is 10.0 Å². The quantitative estimate of drug-likeness (QED) is 0.697. The number of nitrogens with two attached hydrogens (primary N) is 1. The summed E-state index contributed by atoms with van der Waals surface area (Å²) >= 11 is 11.7. The Bertz CT molecular complexity index is 617. The molecule has 1 heterocycles. The lowest BCUT2D eigenvalue weighted by molar-refractivity contribution is 0.0474. The molecular weight excluding hydrogens is 287 g/mol. The maximum Gasteiger partial charge on any atom is 0.340 e. The van der Waals surface area contributed by atoms with E-state index in [1.54, 1.807) is 24.4 Å². The second-order valence-corrected chi connectivity index (χ2v) is 4.62. The first-order valence-corrected chi connectivity index (χ1v) is 6.14. The third kappa shape index (κ3) is 3.36. The van der Waals surface area contributed by atoms with Crippen LogP contribution in [0.15, 0.2) is 36.7 Å². The molecule has 1 aromatic heterocycles. The molecule has 19 heavy (non-hydrogen) atoms. The van der Waals surface area contributed by atoms with E-state index >= 15 is 0 Å². The number of pyridine rings is 1. The fourth-order valence-corrected chi connectivity index (χ4v) is 1.79. The van der Waals surface area contributed by atoms with E-state index in [9.17, 15) is 4.79 Å². The molecular formula is C13H10Cl2N2O2. The number of benzene rings is 1. The van der Waals surface area contributed by atoms with Crippen molar-refractivity contribution >= 4 is 34.9 Å². The Morgan fingerprint density at radius 1 is 1.32 bits per heavy atom. The van der Waals surface area contributed by atoms with Crippen LogP contribution < -0.4 is 5.73 Å². The van der Waals surface area contributed by atoms with E-state index in [1.807, 2.05) is 0 Å². The molecule has 98 valence electrons. The van der Waals surface area contributed by atoms with Gasteiger partial charge in [-0.1, -0.05) is 23.2 Å². The van der Waals surface area contributed by atoms with Gasteiger partial charge in [-0.2, -0.15) is 0 Å². The highest BCUT2D eigenvalue weighted by molar-refractivity contribution is 6.31. The summed E-state index contributed by atoms with van der Waals surface area (Å²) in [4.78, 5) is 15.7. The maximum atomic E-state index is 11.9. The average Bonchev–Trinajstić information content (AvgIpc) is 2.40. The predicted molar refractivity (Wildman–Crippen MR) is 74.2 cm³/mol. The number of carbonyl (C=O) groups is 1. The third-order valence-electron chi connectivity index (χ3n) is 2.45. The zero-order valence-corrected chi connectivity index (χ0v) is 11.3. The van der Waals surface area contributed by atoms with Crippen LogP contribution in [0.4, 0.5) is 5.69 Å². The van der Waals surface area contributed by atoms with Gasteiger partial charge in [-0.15, -0.1) is 0 Å². The fourth-order valence-electron chi connectivity index (χ4n) is 1.45. The first-order chi connectivity index (χ1) is 9.08. The molecule has 0 bridgehead atoms. The molecule has 0 saturated carbocycles. The van der Waals surface area contributed by atoms with Gasteiger partial charge in [0.2, 0.25) is 0 Å². The van der Waals surface area contributed by atoms with Crippen LogP contribution in [0.5, 0.6) is 0 Å². The molecule has 6 heteroatoms. The summed E-state index contributed by atoms with van der Waals surface area (Å²) in [5, 5.41) is 0.859. The van der Waals surface area contributed by atoms with Crippen LogP contribution in [0.1, 0.15) is 15.9 Å². The third-order valence-corrected chi connectivity index (χ3v) is 3.03. The monoisotopic (exact) mass is 296 g/mol. The van der Waals surface area contributed by atoms with Crippen LogP contribution in [-0.4, -0.2) is 11.0 Å². The Kier molecular flexibility index (Phi) is 4.24. The van der Waals surface area contributed by atoms with Crippen molar-refractivity contribution in [1.29, 1.82) is 0 Å². The van der Waals surface area contributed by atoms with Gasteiger partial charge in [-0.25, -0.2) is 4.79 Å². The molecule has 0 aliphatic rings. The number of hydrogen-bond acceptors (Lipinski definition) is 4. The average molecular weight is 297 g/mol. The Morgan fingerprint density at radius 3 is 2.84 bits per heavy atom. The maximum absolute atomic E-state index is 11.9. The van der Waals surface area contributed by atoms with Gasteiger partial charge in [0, 0.05) is 28.7 Å². The largest absolute Gasteiger partial charge is 0.457 e. The molecule has 0 amide bonds. The standard InChI is InChI=1S/C13H10Cl2N2O2/c14-9-1-2-12(16)10(5-9)13(18)19-7-8-3-4-17-6-11(8)15/h1-6H,7,16H2. The number of ether oxygens (including phenoxy) is 1. The molecule has 2 aromatic rings. The van der Waals surface area contributed by atoms with E-state index in [0.717, 1.165) is 0 Å². The van der Waals surface area contributed by atoms with Crippen LogP contribution in [0, 0.1) is 0 Å². The van der Waals surface area contributed by atoms with Gasteiger partial charge >= 0.3 is 5.97 Å². The number of nitrogens with zero attached hydrogens (tertiary/aromatic N) is 1. The number of nitrogen functional groups attached to an aromatic ring is 1. The molecule has 0 unspecified atom stereocenters. The van der Waals surface area contributed by atoms with Crippen molar-refractivity contribution < 1.29 is 9.53 Å². The lowest BCUT2D eigenvalue weighted by Gasteiger charge is -2.08. The van der Waals surface area contributed by atoms with E-state index in [0.29, 0.717) is 21.3 Å². The minimum atomic E-state index is -0.548. The van der Waals surface area contributed by atoms with Gasteiger partial charge < -0.3 is 10.5 Å². The molecule has 0 atom stereocenters. The lowest BCUT2D eigenvalue weighted by Crippen LogP contribution is -2.08. The van der Waals surface area contributed by atoms with Gasteiger partial charge in [0.05, 0.1) is 10.6 Å². The molecule has 0 saturated heterocycles. The van der Waals surface area contributed by atoms with Gasteiger partial charge in [-0.05, 0) is 24.3 Å². The molecule has 2 N–H and O–H groups in total. The van der Waals surface area contributed by atoms with Crippen LogP contribution in [0.25, 0.3) is 0 Å². The predicted octanol–water partition coefficient (Wildman–Crippen LogP) is 3.33. The molecule has 0 fully saturated rings. The van der Waals surface area contributed by atoms with Crippen molar-refractivity contribution in [2.75, 3.05) is 5.73 Å². The minimum absolute atomic E-state index is 0.0478. The normalized spacial score (nSPS) is 10.2. The van der Waals surface area contributed by atoms with Crippen LogP contribution in [0.3, 0.4) is 0 Å². The van der Waals surface area contributed by atoms with Gasteiger partial charge in [0.15, 0.2) is 0 Å². The highest BCUT2D eigenvalue weighted by Gasteiger charge is 2.12. The van der Waals surface area contributed by atoms with Crippen molar-refractivity contribution in [1.82, 2.24) is 4.98 Å². The minimum Gasteiger partial charge on any atom is -0.457 e. The number of halogens is 2. The van der Waals surface area contributed by atoms with Gasteiger partial charge in [-0.3, -0.25) is 4.98 Å². The summed E-state index contributed by atoms with van der Waals surface area (Å²) in [6.45, 7) is 0.0478. The summed E-state index contributed by atoms with van der Waals surface area (Å²) in [6.07, 6.45) is 3.06. The molecule has 1 aromatic carbocycles. The van der Waals surface area contributed by atoms with E-state index in [-0.39, 0.29) is 12.2 Å². The lowest BCUT2D eigenvalue weighted by atomic mass is 10.2. The highest BCUT2D eigenvalue weighted by Crippen LogP contribution is 2.20. The smallest absolute Gasteiger partial charge is 0.340 e. The van der Waals surface area contributed by atoms with Crippen molar-refractivity contribution in [3.05, 3.63) is 57.8 Å². The number of aromatic nitrogens is 1. The Balaban J connectivity index is 2.10. The zero-order valence-electron chi connectivity index (χ0n) is 9.77. The van der Waals surface area contributed by atoms with E-state index in [2.05, 4.69) is 4.98 Å². The van der Waals surface area contributed by atoms with Crippen LogP contribution in [-0.2, 0) is 11.3 Å². The topological polar surface area (TPSA) is 65.2 Å². The number of carbonyl (C=O) groups excluding carboxylic acids is 1. The molecule has 0 spiro atoms. The van der Waals surface area contributed by atoms with Gasteiger partial charge in [0.25, 0.3) is 0 Å². The summed E-state index contributed by atoms with van der Waals surface area (Å²) in [7, 11) is 0. The van der Waals surface area contributed by atoms with Crippen molar-refractivity contribution in [2.24, 2.45) is 0 Å². The van der Waals surface area contributed by atoms with Crippen LogP contribution >= 0.6 is 23.2 Å². The Morgan fingerprint density at radius 2 is 2.11 bits per heavy atom. The first-order valence-electron chi connectivity index (χ1n) is 5.38. The SMILES string of the molecule is Nc1ccc(Cl)cc1C(=O)OCc1ccncc1Cl. The molecule has 0 radical (unpaired) electrons. The molecule has 0 aliphatic carbocycles. The zero-order chi connectivity index (χ0) is 13.8. The Labute approximate surface area is 120 Å². The molecule has 4 nitrogen and oxygen atoms in total. The summed E-state index contributed by atoms with van der Waals surface area (Å²) in [6, 6.07) is 6.30. The fraction of sp³-hybridized carbons (Fsp3) is 0.0769. The first kappa shape index (κ1) is 13.6. The second-order valence-electron chi connectivity index (χ2n) is 3.77. The summed E-state index contributed by atoms with van der Waals surface area (Å²) in [5.41, 5.74) is 6.91. The summed E-state index contributed by atoms with van der Waals surface area (Å²) < 4.78 is 5.14. The number of rotatable bonds is 3. The van der Waals surface area contributed by atoms with Crippen molar-refractivity contribution in [2.45, 2.75) is 6.61 Å². The summed E-state index contributed by atoms with van der Waals surface area (Å²) in [5.74, 6) is -0.548. The van der Waals surface area contributed by atoms with E-state index < -0.39 is 5.97 Å². The van der Waals surface area contributed by atoms with Crippen molar-refractivity contribution in [3.8, 4) is 0 Å². The second kappa shape index (κ2) is 5.91. The number of hydrogen-bond donors (Lipinski definition) is 1. The number of anilines is 1. The van der Waals surface area contributed by atoms with E-state index in [1.165, 1.54) is 12.3 Å². The van der Waals surface area contributed by atoms with Gasteiger partial charge in [0.1, 0.15) is 6.61 Å². The Hall–Kier alpha value is -1.78. The molecule has 2 rings (SSSR count). The highest BCUT2D eigenvalue weighted by atomic mass is 35.5. The van der Waals surface area contributed by atoms with Crippen molar-refractivity contribution in [3.63, 3.8) is 0 Å². The van der Waals surface area contributed by atoms with E-state index in [4.69, 9.17) is 33.7 Å². The molecule has 0 aliphatic heterocycles.